The summed E-state index contributed by atoms with van der Waals surface area (Å²) in [4.78, 5) is 16.8. The van der Waals surface area contributed by atoms with Crippen molar-refractivity contribution in [1.29, 1.82) is 0 Å². The lowest BCUT2D eigenvalue weighted by Gasteiger charge is -2.36. The molecule has 178 valence electrons. The van der Waals surface area contributed by atoms with E-state index >= 15 is 0 Å². The highest BCUT2D eigenvalue weighted by Gasteiger charge is 2.29. The first-order valence-corrected chi connectivity index (χ1v) is 13.2. The second-order valence-corrected chi connectivity index (χ2v) is 11.0. The fourth-order valence-electron chi connectivity index (χ4n) is 4.91. The van der Waals surface area contributed by atoms with E-state index in [2.05, 4.69) is 42.3 Å². The molecule has 2 aliphatic rings. The Morgan fingerprint density at radius 2 is 1.91 bits per heavy atom. The summed E-state index contributed by atoms with van der Waals surface area (Å²) < 4.78 is 2.11. The lowest BCUT2D eigenvalue weighted by Crippen LogP contribution is -2.31. The molecule has 0 aliphatic heterocycles. The van der Waals surface area contributed by atoms with Gasteiger partial charge in [0.25, 0.3) is 5.69 Å². The number of aromatic nitrogens is 1. The number of nitrogens with one attached hydrogen (secondary N) is 1. The highest BCUT2D eigenvalue weighted by molar-refractivity contribution is 7.07. The highest BCUT2D eigenvalue weighted by Crippen LogP contribution is 2.39. The molecule has 1 N–H and O–H groups in total. The van der Waals surface area contributed by atoms with Crippen LogP contribution in [0.1, 0.15) is 78.6 Å². The van der Waals surface area contributed by atoms with Gasteiger partial charge < -0.3 is 0 Å². The molecule has 0 unspecified atom stereocenters. The van der Waals surface area contributed by atoms with E-state index in [4.69, 9.17) is 4.99 Å². The average Bonchev–Trinajstić information content (AvgIpc) is 3.22. The minimum absolute atomic E-state index is 0.111. The first-order valence-electron chi connectivity index (χ1n) is 12.3. The molecule has 0 saturated heterocycles. The van der Waals surface area contributed by atoms with Gasteiger partial charge in [0, 0.05) is 28.8 Å². The van der Waals surface area contributed by atoms with Crippen LogP contribution in [0.3, 0.4) is 0 Å². The van der Waals surface area contributed by atoms with Gasteiger partial charge in [0.1, 0.15) is 0 Å². The Bertz CT molecular complexity index is 1060. The van der Waals surface area contributed by atoms with Gasteiger partial charge in [-0.15, -0.1) is 11.3 Å². The van der Waals surface area contributed by atoms with Crippen LogP contribution in [0, 0.1) is 21.4 Å². The molecule has 1 aromatic heterocycles. The molecule has 2 aliphatic carbocycles. The molecule has 1 fully saturated rings. The molecule has 7 heteroatoms. The Kier molecular flexibility index (Phi) is 7.37. The molecule has 0 amide bonds. The number of rotatable bonds is 7. The smallest absolute Gasteiger partial charge is 0.269 e. The summed E-state index contributed by atoms with van der Waals surface area (Å²) >= 11 is 1.64. The number of nitro groups is 1. The fourth-order valence-corrected chi connectivity index (χ4v) is 5.83. The SMILES string of the molecule is CCC(C)(C)[C@H]1CC=C(Nn2c(-c3ccc([N+](=O)[O-])cc3)csc2=NC2CCCCC2)CC1. The van der Waals surface area contributed by atoms with Gasteiger partial charge >= 0.3 is 0 Å². The minimum Gasteiger partial charge on any atom is -0.296 e. The maximum Gasteiger partial charge on any atom is 0.269 e. The zero-order valence-corrected chi connectivity index (χ0v) is 20.9. The van der Waals surface area contributed by atoms with E-state index in [1.54, 1.807) is 23.5 Å². The van der Waals surface area contributed by atoms with Crippen molar-refractivity contribution in [3.63, 3.8) is 0 Å². The van der Waals surface area contributed by atoms with Gasteiger partial charge in [-0.2, -0.15) is 0 Å². The number of allylic oxidation sites excluding steroid dienone is 2. The molecule has 2 aromatic rings. The number of nitrogens with zero attached hydrogens (tertiary/aromatic N) is 3. The van der Waals surface area contributed by atoms with Crippen LogP contribution in [0.4, 0.5) is 5.69 Å². The second kappa shape index (κ2) is 10.2. The van der Waals surface area contributed by atoms with Crippen LogP contribution in [0.2, 0.25) is 0 Å². The Balaban J connectivity index is 1.65. The van der Waals surface area contributed by atoms with Crippen LogP contribution in [0.15, 0.2) is 46.4 Å². The molecule has 1 atom stereocenters. The summed E-state index contributed by atoms with van der Waals surface area (Å²) in [6.07, 6.45) is 13.0. The van der Waals surface area contributed by atoms with E-state index in [0.717, 1.165) is 41.7 Å². The van der Waals surface area contributed by atoms with Crippen LogP contribution in [0.25, 0.3) is 11.3 Å². The molecule has 33 heavy (non-hydrogen) atoms. The first-order chi connectivity index (χ1) is 15.9. The minimum atomic E-state index is -0.353. The summed E-state index contributed by atoms with van der Waals surface area (Å²) in [5, 5.41) is 13.2. The van der Waals surface area contributed by atoms with Crippen LogP contribution in [-0.4, -0.2) is 15.6 Å². The van der Waals surface area contributed by atoms with Gasteiger partial charge in [-0.3, -0.25) is 20.5 Å². The number of hydrogen-bond donors (Lipinski definition) is 1. The Hall–Kier alpha value is -2.41. The van der Waals surface area contributed by atoms with Gasteiger partial charge in [0.2, 0.25) is 4.80 Å². The largest absolute Gasteiger partial charge is 0.296 e. The van der Waals surface area contributed by atoms with Gasteiger partial charge in [-0.1, -0.05) is 52.5 Å². The van der Waals surface area contributed by atoms with E-state index in [-0.39, 0.29) is 10.6 Å². The molecule has 0 radical (unpaired) electrons. The zero-order chi connectivity index (χ0) is 23.4. The van der Waals surface area contributed by atoms with E-state index in [1.807, 2.05) is 12.1 Å². The number of benzene rings is 1. The Labute approximate surface area is 200 Å². The monoisotopic (exact) mass is 468 g/mol. The highest BCUT2D eigenvalue weighted by atomic mass is 32.1. The quantitative estimate of drug-likeness (QED) is 0.350. The third kappa shape index (κ3) is 5.57. The van der Waals surface area contributed by atoms with Crippen LogP contribution in [-0.2, 0) is 0 Å². The van der Waals surface area contributed by atoms with E-state index in [9.17, 15) is 10.1 Å². The van der Waals surface area contributed by atoms with Crippen molar-refractivity contribution < 1.29 is 4.92 Å². The predicted molar refractivity (Wildman–Crippen MR) is 136 cm³/mol. The summed E-state index contributed by atoms with van der Waals surface area (Å²) in [5.41, 5.74) is 7.35. The second-order valence-electron chi connectivity index (χ2n) is 10.1. The van der Waals surface area contributed by atoms with Crippen molar-refractivity contribution in [3.8, 4) is 11.3 Å². The summed E-state index contributed by atoms with van der Waals surface area (Å²) in [7, 11) is 0. The van der Waals surface area contributed by atoms with Crippen molar-refractivity contribution in [3.05, 3.63) is 56.3 Å². The molecule has 0 bridgehead atoms. The number of hydrogen-bond acceptors (Lipinski definition) is 5. The zero-order valence-electron chi connectivity index (χ0n) is 20.0. The van der Waals surface area contributed by atoms with Gasteiger partial charge in [0.15, 0.2) is 0 Å². The van der Waals surface area contributed by atoms with Crippen LogP contribution < -0.4 is 10.2 Å². The molecule has 1 aromatic carbocycles. The Morgan fingerprint density at radius 3 is 2.52 bits per heavy atom. The van der Waals surface area contributed by atoms with Crippen molar-refractivity contribution in [2.75, 3.05) is 5.43 Å². The van der Waals surface area contributed by atoms with Crippen molar-refractivity contribution in [1.82, 2.24) is 4.68 Å². The topological polar surface area (TPSA) is 72.5 Å². The Morgan fingerprint density at radius 1 is 1.18 bits per heavy atom. The van der Waals surface area contributed by atoms with Crippen molar-refractivity contribution in [2.45, 2.75) is 84.6 Å². The van der Waals surface area contributed by atoms with Crippen LogP contribution in [0.5, 0.6) is 0 Å². The maximum atomic E-state index is 11.1. The van der Waals surface area contributed by atoms with E-state index in [0.29, 0.717) is 17.4 Å². The van der Waals surface area contributed by atoms with Crippen LogP contribution >= 0.6 is 11.3 Å². The summed E-state index contributed by atoms with van der Waals surface area (Å²) in [5.74, 6) is 0.709. The normalized spacial score (nSPS) is 20.5. The van der Waals surface area contributed by atoms with Gasteiger partial charge in [-0.25, -0.2) is 4.68 Å². The molecule has 0 spiro atoms. The van der Waals surface area contributed by atoms with Gasteiger partial charge in [-0.05, 0) is 55.6 Å². The first kappa shape index (κ1) is 23.7. The lowest BCUT2D eigenvalue weighted by molar-refractivity contribution is -0.384. The third-order valence-electron chi connectivity index (χ3n) is 7.63. The molecule has 6 nitrogen and oxygen atoms in total. The average molecular weight is 469 g/mol. The molecule has 4 rings (SSSR count). The molecular formula is C26H36N4O2S. The fraction of sp³-hybridized carbons (Fsp3) is 0.577. The number of non-ortho nitro benzene ring substituents is 1. The molecule has 1 heterocycles. The molecular weight excluding hydrogens is 432 g/mol. The molecule has 1 saturated carbocycles. The van der Waals surface area contributed by atoms with Crippen molar-refractivity contribution >= 4 is 17.0 Å². The van der Waals surface area contributed by atoms with Crippen molar-refractivity contribution in [2.24, 2.45) is 16.3 Å². The summed E-state index contributed by atoms with van der Waals surface area (Å²) in [6, 6.07) is 7.19. The van der Waals surface area contributed by atoms with Gasteiger partial charge in [0.05, 0.1) is 16.7 Å². The van der Waals surface area contributed by atoms with E-state index in [1.165, 1.54) is 37.8 Å². The summed E-state index contributed by atoms with van der Waals surface area (Å²) in [6.45, 7) is 7.05. The maximum absolute atomic E-state index is 11.1. The predicted octanol–water partition coefficient (Wildman–Crippen LogP) is 7.02. The third-order valence-corrected chi connectivity index (χ3v) is 8.47. The lowest BCUT2D eigenvalue weighted by atomic mass is 9.71. The van der Waals surface area contributed by atoms with E-state index < -0.39 is 0 Å². The standard InChI is InChI=1S/C26H36N4O2S/c1-4-26(2,3)20-12-14-22(15-13-20)28-29-24(19-10-16-23(17-11-19)30(31)32)18-33-25(29)27-21-8-6-5-7-9-21/h10-11,14,16-18,20-21,28H,4-9,12-13,15H2,1-3H3/t20-/m0/s1. The number of nitro benzene ring substituents is 1. The number of thiazole rings is 1.